The molecule has 2 aliphatic carbocycles. The first-order chi connectivity index (χ1) is 34.7. The van der Waals surface area contributed by atoms with E-state index in [4.69, 9.17) is 28.4 Å². The molecule has 71 heavy (non-hydrogen) atoms. The van der Waals surface area contributed by atoms with Crippen molar-refractivity contribution >= 4 is 10.8 Å². The smallest absolute Gasteiger partial charge is 0.149 e. The van der Waals surface area contributed by atoms with E-state index in [9.17, 15) is 25.5 Å². The third-order valence-corrected chi connectivity index (χ3v) is 16.4. The van der Waals surface area contributed by atoms with E-state index in [2.05, 4.69) is 22.5 Å². The molecule has 0 radical (unpaired) electrons. The van der Waals surface area contributed by atoms with Gasteiger partial charge in [-0.2, -0.15) is 0 Å². The second kappa shape index (κ2) is 20.1. The molecule has 374 valence electrons. The maximum Gasteiger partial charge on any atom is 0.149 e. The van der Waals surface area contributed by atoms with Gasteiger partial charge in [-0.3, -0.25) is 5.32 Å². The normalized spacial score (nSPS) is 27.9. The van der Waals surface area contributed by atoms with Gasteiger partial charge >= 0.3 is 0 Å². The van der Waals surface area contributed by atoms with Crippen LogP contribution < -0.4 is 29.6 Å². The molecular formula is C58H66N2O11. The summed E-state index contributed by atoms with van der Waals surface area (Å²) in [6, 6.07) is 22.1. The van der Waals surface area contributed by atoms with Gasteiger partial charge in [-0.1, -0.05) is 30.9 Å². The molecule has 1 spiro atoms. The van der Waals surface area contributed by atoms with Crippen LogP contribution in [0.3, 0.4) is 0 Å². The first-order valence-electron chi connectivity index (χ1n) is 25.7. The number of hydrogen-bond donors (Lipinski definition) is 7. The molecule has 5 aromatic carbocycles. The molecule has 7 N–H and O–H groups in total. The van der Waals surface area contributed by atoms with Crippen LogP contribution in [0.25, 0.3) is 21.9 Å². The van der Waals surface area contributed by atoms with Gasteiger partial charge in [0.1, 0.15) is 53.0 Å². The number of benzene rings is 5. The van der Waals surface area contributed by atoms with Gasteiger partial charge in [0.2, 0.25) is 0 Å². The van der Waals surface area contributed by atoms with Gasteiger partial charge in [-0.15, -0.1) is 0 Å². The highest BCUT2D eigenvalue weighted by atomic mass is 16.5. The topological polar surface area (TPSA) is 181 Å². The van der Waals surface area contributed by atoms with Crippen molar-refractivity contribution in [1.29, 1.82) is 0 Å². The molecular weight excluding hydrogens is 901 g/mol. The van der Waals surface area contributed by atoms with E-state index in [1.54, 1.807) is 31.4 Å². The lowest BCUT2D eigenvalue weighted by molar-refractivity contribution is -0.162. The maximum absolute atomic E-state index is 13.3. The fraction of sp³-hybridized carbons (Fsp3) is 0.483. The van der Waals surface area contributed by atoms with E-state index < -0.39 is 41.8 Å². The SMILES string of the molecule is CCc1cc(-c2cccc(O)c2)c(Cc2cc(OC3CCCC3)cc3c2OC[C@H]([C@@H]2[C@@H](CCCOC)Oc4c5cc(c6cc(O)ccc46)OCC#C[C@@H]4CNCN[C@@]46CC[C@H](CO)[C@@H]6O[C@@H]52)[C@@H]3O)cc1O. The number of aryl methyl sites for hydroxylation is 1. The van der Waals surface area contributed by atoms with Crippen molar-refractivity contribution in [3.05, 3.63) is 101 Å². The van der Waals surface area contributed by atoms with Crippen molar-refractivity contribution in [2.45, 2.75) is 107 Å². The summed E-state index contributed by atoms with van der Waals surface area (Å²) in [5.74, 6) is 8.24. The number of phenols is 3. The third kappa shape index (κ3) is 8.91. The summed E-state index contributed by atoms with van der Waals surface area (Å²) in [7, 11) is 1.69. The van der Waals surface area contributed by atoms with Gasteiger partial charge in [-0.25, -0.2) is 0 Å². The highest BCUT2D eigenvalue weighted by molar-refractivity contribution is 5.96. The number of aliphatic hydroxyl groups excluding tert-OH is 2. The Bertz CT molecular complexity index is 2840. The zero-order valence-electron chi connectivity index (χ0n) is 40.6. The number of phenolic OH excluding ortho intramolecular Hbond substituents is 3. The summed E-state index contributed by atoms with van der Waals surface area (Å²) in [5.41, 5.74) is 4.92. The number of ether oxygens (including phenoxy) is 6. The Kier molecular flexibility index (Phi) is 13.4. The molecule has 1 saturated heterocycles. The minimum atomic E-state index is -1.06. The van der Waals surface area contributed by atoms with Crippen molar-refractivity contribution in [2.75, 3.05) is 46.8 Å². The van der Waals surface area contributed by atoms with Gasteiger partial charge in [-0.05, 0) is 141 Å². The number of rotatable bonds is 12. The summed E-state index contributed by atoms with van der Waals surface area (Å²) < 4.78 is 41.1. The third-order valence-electron chi connectivity index (χ3n) is 16.4. The second-order valence-corrected chi connectivity index (χ2v) is 20.5. The zero-order chi connectivity index (χ0) is 48.8. The van der Waals surface area contributed by atoms with Gasteiger partial charge in [0.05, 0.1) is 42.5 Å². The Morgan fingerprint density at radius 3 is 2.55 bits per heavy atom. The van der Waals surface area contributed by atoms with Crippen LogP contribution in [0.4, 0.5) is 0 Å². The Hall–Kier alpha value is -5.72. The number of methoxy groups -OCH3 is 1. The van der Waals surface area contributed by atoms with Crippen LogP contribution in [0.2, 0.25) is 0 Å². The van der Waals surface area contributed by atoms with Crippen molar-refractivity contribution in [2.24, 2.45) is 23.7 Å². The number of aliphatic hydroxyl groups is 2. The van der Waals surface area contributed by atoms with Crippen molar-refractivity contribution in [3.8, 4) is 63.2 Å². The van der Waals surface area contributed by atoms with E-state index in [1.807, 2.05) is 55.5 Å². The van der Waals surface area contributed by atoms with Crippen LogP contribution in [0.1, 0.15) is 98.3 Å². The summed E-state index contributed by atoms with van der Waals surface area (Å²) in [6.07, 6.45) is 5.11. The van der Waals surface area contributed by atoms with Crippen LogP contribution in [0, 0.1) is 35.5 Å². The maximum atomic E-state index is 13.3. The molecule has 13 heteroatoms. The molecule has 0 unspecified atom stereocenters. The average molecular weight is 967 g/mol. The van der Waals surface area contributed by atoms with Crippen LogP contribution in [-0.4, -0.2) is 96.1 Å². The highest BCUT2D eigenvalue weighted by Gasteiger charge is 2.58. The number of hydrogen-bond acceptors (Lipinski definition) is 13. The van der Waals surface area contributed by atoms with Gasteiger partial charge in [0.25, 0.3) is 0 Å². The number of aromatic hydroxyl groups is 3. The molecule has 5 aromatic rings. The minimum Gasteiger partial charge on any atom is -0.508 e. The summed E-state index contributed by atoms with van der Waals surface area (Å²) in [6.45, 7) is 3.90. The fourth-order valence-corrected chi connectivity index (χ4v) is 12.9. The molecule has 3 fully saturated rings. The first kappa shape index (κ1) is 47.6. The van der Waals surface area contributed by atoms with E-state index in [1.165, 1.54) is 0 Å². The van der Waals surface area contributed by atoms with E-state index in [-0.39, 0.29) is 55.0 Å². The molecule has 0 amide bonds. The molecule has 4 heterocycles. The van der Waals surface area contributed by atoms with Gasteiger partial charge in [0, 0.05) is 85.2 Å². The lowest BCUT2D eigenvalue weighted by Crippen LogP contribution is -2.66. The Morgan fingerprint density at radius 1 is 0.873 bits per heavy atom. The average Bonchev–Trinajstić information content (AvgIpc) is 4.01. The van der Waals surface area contributed by atoms with E-state index >= 15 is 0 Å². The van der Waals surface area contributed by atoms with Crippen LogP contribution in [-0.2, 0) is 22.3 Å². The molecule has 9 atom stereocenters. The molecule has 11 rings (SSSR count). The van der Waals surface area contributed by atoms with Crippen LogP contribution in [0.15, 0.2) is 72.8 Å². The quantitative estimate of drug-likeness (QED) is 0.0469. The van der Waals surface area contributed by atoms with Crippen LogP contribution >= 0.6 is 0 Å². The lowest BCUT2D eigenvalue weighted by atomic mass is 9.71. The molecule has 6 aliphatic rings. The minimum absolute atomic E-state index is 0.0376. The number of fused-ring (bicyclic) bond motifs is 5. The van der Waals surface area contributed by atoms with Gasteiger partial charge in [0.15, 0.2) is 0 Å². The number of nitrogens with one attached hydrogen (secondary N) is 2. The summed E-state index contributed by atoms with van der Waals surface area (Å²) in [4.78, 5) is 0. The zero-order valence-corrected chi connectivity index (χ0v) is 40.6. The van der Waals surface area contributed by atoms with E-state index in [0.717, 1.165) is 77.3 Å². The predicted molar refractivity (Wildman–Crippen MR) is 268 cm³/mol. The molecule has 2 bridgehead atoms. The lowest BCUT2D eigenvalue weighted by Gasteiger charge is -2.50. The van der Waals surface area contributed by atoms with Crippen LogP contribution in [0.5, 0.6) is 40.2 Å². The molecule has 0 aromatic heterocycles. The standard InChI is InChI=1S/C58H66N2O11/c1-3-33-24-44(34-9-6-11-39(62)22-34)36(25-49(33)64)21-37-23-42(69-41-12-4-5-13-41)27-46-53(65)48(31-68-54(37)46)52-50(14-8-19-66-2)70-55-43-16-15-40(63)26-45(43)51-28-47(55)56(52)71-57-35(30-61)17-18-58(57)38(10-7-20-67-51)29-59-32-60-58/h6,9,11,15-16,22-28,35,38,41,48,50,52-53,56-57,59-65H,3-5,8,12-14,17-21,29-32H2,1-2H3/t35-,38-,48-,50-,52-,53-,56+,57+,58+/m1/s1. The van der Waals surface area contributed by atoms with Gasteiger partial charge < -0.3 is 59.3 Å². The highest BCUT2D eigenvalue weighted by Crippen LogP contribution is 2.57. The molecule has 2 saturated carbocycles. The molecule has 13 nitrogen and oxygen atoms in total. The first-order valence-corrected chi connectivity index (χ1v) is 25.7. The summed E-state index contributed by atoms with van der Waals surface area (Å²) in [5, 5.41) is 65.9. The predicted octanol–water partition coefficient (Wildman–Crippen LogP) is 8.37. The fourth-order valence-electron chi connectivity index (χ4n) is 12.9. The summed E-state index contributed by atoms with van der Waals surface area (Å²) >= 11 is 0. The van der Waals surface area contributed by atoms with Crippen molar-refractivity contribution in [3.63, 3.8) is 0 Å². The molecule has 4 aliphatic heterocycles. The monoisotopic (exact) mass is 966 g/mol. The Balaban J connectivity index is 1.06. The van der Waals surface area contributed by atoms with Crippen molar-refractivity contribution < 1.29 is 54.0 Å². The van der Waals surface area contributed by atoms with E-state index in [0.29, 0.717) is 79.5 Å². The second-order valence-electron chi connectivity index (χ2n) is 20.5. The Labute approximate surface area is 415 Å². The van der Waals surface area contributed by atoms with Crippen molar-refractivity contribution in [1.82, 2.24) is 10.6 Å². The Morgan fingerprint density at radius 2 is 1.73 bits per heavy atom. The largest absolute Gasteiger partial charge is 0.508 e.